The number of pyridine rings is 1. The van der Waals surface area contributed by atoms with Crippen LogP contribution in [-0.4, -0.2) is 43.8 Å². The lowest BCUT2D eigenvalue weighted by Gasteiger charge is -2.13. The highest BCUT2D eigenvalue weighted by atomic mass is 16.7. The normalized spacial score (nSPS) is 12.5. The quantitative estimate of drug-likeness (QED) is 0.649. The molecule has 2 aromatic carbocycles. The van der Waals surface area contributed by atoms with E-state index in [0.29, 0.717) is 17.2 Å². The van der Waals surface area contributed by atoms with Crippen LogP contribution in [0.4, 0.5) is 0 Å². The predicted octanol–water partition coefficient (Wildman–Crippen LogP) is 3.74. The topological polar surface area (TPSA) is 60.9 Å². The number of aromatic nitrogens is 1. The van der Waals surface area contributed by atoms with E-state index < -0.39 is 0 Å². The molecule has 1 aromatic heterocycles. The lowest BCUT2D eigenvalue weighted by Crippen LogP contribution is -2.18. The summed E-state index contributed by atoms with van der Waals surface area (Å²) < 4.78 is 16.5. The van der Waals surface area contributed by atoms with E-state index in [-0.39, 0.29) is 12.7 Å². The summed E-state index contributed by atoms with van der Waals surface area (Å²) in [5, 5.41) is 1.82. The Balaban J connectivity index is 1.97. The second kappa shape index (κ2) is 7.23. The minimum atomic E-state index is -0.108. The third-order valence-electron chi connectivity index (χ3n) is 4.62. The number of para-hydroxylation sites is 1. The number of likely N-dealkylation sites (N-methyl/N-ethyl adjacent to an activating group) is 1. The maximum atomic E-state index is 12.2. The highest BCUT2D eigenvalue weighted by Gasteiger charge is 2.19. The monoisotopic (exact) mass is 376 g/mol. The average Bonchev–Trinajstić information content (AvgIpc) is 3.17. The number of ether oxygens (including phenoxy) is 3. The van der Waals surface area contributed by atoms with Crippen LogP contribution in [0.3, 0.4) is 0 Å². The number of hydrogen-bond donors (Lipinski definition) is 0. The molecule has 0 spiro atoms. The summed E-state index contributed by atoms with van der Waals surface area (Å²) >= 11 is 0. The van der Waals surface area contributed by atoms with Crippen molar-refractivity contribution in [2.45, 2.75) is 0 Å². The molecular formula is C22H20N2O4. The second-order valence-corrected chi connectivity index (χ2v) is 6.58. The predicted molar refractivity (Wildman–Crippen MR) is 108 cm³/mol. The number of hydrogen-bond acceptors (Lipinski definition) is 5. The van der Waals surface area contributed by atoms with Gasteiger partial charge in [-0.2, -0.15) is 0 Å². The Kier molecular flexibility index (Phi) is 4.61. The molecule has 0 unspecified atom stereocenters. The van der Waals surface area contributed by atoms with Gasteiger partial charge in [-0.3, -0.25) is 9.78 Å². The Hall–Kier alpha value is -3.54. The fourth-order valence-corrected chi connectivity index (χ4v) is 3.16. The van der Waals surface area contributed by atoms with E-state index in [1.165, 1.54) is 4.90 Å². The number of carbonyl (C=O) groups excluding carboxylic acids is 1. The van der Waals surface area contributed by atoms with Crippen LogP contribution in [0.25, 0.3) is 28.1 Å². The van der Waals surface area contributed by atoms with Gasteiger partial charge in [-0.05, 0) is 35.7 Å². The van der Waals surface area contributed by atoms with Crippen molar-refractivity contribution in [1.29, 1.82) is 0 Å². The van der Waals surface area contributed by atoms with E-state index >= 15 is 0 Å². The standard InChI is InChI=1S/C22H20N2O4/c1-24(2)21(25)9-8-15-17-11-20-19(27-13-28-20)10-14(17)12-23-22(15)16-6-4-5-7-18(16)26-3/h4-12H,13H2,1-3H3/b9-8+. The van der Waals surface area contributed by atoms with Crippen LogP contribution in [0.5, 0.6) is 17.2 Å². The summed E-state index contributed by atoms with van der Waals surface area (Å²) in [7, 11) is 5.06. The number of methoxy groups -OCH3 is 1. The number of fused-ring (bicyclic) bond motifs is 2. The van der Waals surface area contributed by atoms with Crippen molar-refractivity contribution in [1.82, 2.24) is 9.88 Å². The Labute approximate surface area is 163 Å². The van der Waals surface area contributed by atoms with Gasteiger partial charge in [0.25, 0.3) is 0 Å². The minimum Gasteiger partial charge on any atom is -0.496 e. The lowest BCUT2D eigenvalue weighted by atomic mass is 9.98. The minimum absolute atomic E-state index is 0.108. The van der Waals surface area contributed by atoms with Crippen molar-refractivity contribution in [3.8, 4) is 28.5 Å². The van der Waals surface area contributed by atoms with Crippen molar-refractivity contribution in [3.63, 3.8) is 0 Å². The summed E-state index contributed by atoms with van der Waals surface area (Å²) in [6.07, 6.45) is 5.13. The SMILES string of the molecule is COc1ccccc1-c1ncc2cc3c(cc2c1/C=C/C(=O)N(C)C)OCO3. The van der Waals surface area contributed by atoms with Gasteiger partial charge in [0.2, 0.25) is 12.7 Å². The van der Waals surface area contributed by atoms with Crippen LogP contribution in [-0.2, 0) is 4.79 Å². The first-order chi connectivity index (χ1) is 13.6. The zero-order chi connectivity index (χ0) is 19.7. The Morgan fingerprint density at radius 2 is 1.93 bits per heavy atom. The summed E-state index contributed by atoms with van der Waals surface area (Å²) in [5.74, 6) is 1.98. The van der Waals surface area contributed by atoms with Crippen molar-refractivity contribution in [2.75, 3.05) is 28.0 Å². The molecular weight excluding hydrogens is 356 g/mol. The first kappa shape index (κ1) is 17.9. The first-order valence-electron chi connectivity index (χ1n) is 8.83. The number of carbonyl (C=O) groups is 1. The zero-order valence-corrected chi connectivity index (χ0v) is 15.9. The Morgan fingerprint density at radius 1 is 1.18 bits per heavy atom. The molecule has 6 nitrogen and oxygen atoms in total. The van der Waals surface area contributed by atoms with Gasteiger partial charge in [0.15, 0.2) is 11.5 Å². The van der Waals surface area contributed by atoms with Crippen LogP contribution in [0.15, 0.2) is 48.7 Å². The Bertz CT molecular complexity index is 1090. The highest BCUT2D eigenvalue weighted by molar-refractivity contribution is 6.01. The molecule has 28 heavy (non-hydrogen) atoms. The molecule has 0 saturated carbocycles. The van der Waals surface area contributed by atoms with E-state index in [1.54, 1.807) is 39.6 Å². The van der Waals surface area contributed by atoms with E-state index in [9.17, 15) is 4.79 Å². The highest BCUT2D eigenvalue weighted by Crippen LogP contribution is 2.40. The van der Waals surface area contributed by atoms with Gasteiger partial charge in [-0.25, -0.2) is 0 Å². The van der Waals surface area contributed by atoms with Crippen LogP contribution in [0.2, 0.25) is 0 Å². The molecule has 0 radical (unpaired) electrons. The van der Waals surface area contributed by atoms with Crippen LogP contribution < -0.4 is 14.2 Å². The zero-order valence-electron chi connectivity index (χ0n) is 15.9. The largest absolute Gasteiger partial charge is 0.496 e. The molecule has 1 amide bonds. The lowest BCUT2D eigenvalue weighted by molar-refractivity contribution is -0.123. The molecule has 3 aromatic rings. The molecule has 1 aliphatic heterocycles. The average molecular weight is 376 g/mol. The number of rotatable bonds is 4. The van der Waals surface area contributed by atoms with Gasteiger partial charge in [-0.15, -0.1) is 0 Å². The van der Waals surface area contributed by atoms with Crippen molar-refractivity contribution in [2.24, 2.45) is 0 Å². The van der Waals surface area contributed by atoms with Gasteiger partial charge in [-0.1, -0.05) is 12.1 Å². The summed E-state index contributed by atoms with van der Waals surface area (Å²) in [6.45, 7) is 0.197. The Morgan fingerprint density at radius 3 is 2.68 bits per heavy atom. The number of benzene rings is 2. The van der Waals surface area contributed by atoms with Crippen LogP contribution in [0, 0.1) is 0 Å². The molecule has 0 bridgehead atoms. The van der Waals surface area contributed by atoms with Gasteiger partial charge in [0, 0.05) is 42.9 Å². The molecule has 0 N–H and O–H groups in total. The summed E-state index contributed by atoms with van der Waals surface area (Å²) in [6, 6.07) is 11.5. The molecule has 142 valence electrons. The molecule has 6 heteroatoms. The smallest absolute Gasteiger partial charge is 0.246 e. The maximum absolute atomic E-state index is 12.2. The molecule has 4 rings (SSSR count). The molecule has 0 fully saturated rings. The van der Waals surface area contributed by atoms with Gasteiger partial charge >= 0.3 is 0 Å². The van der Waals surface area contributed by atoms with Crippen LogP contribution in [0.1, 0.15) is 5.56 Å². The molecule has 0 aliphatic carbocycles. The maximum Gasteiger partial charge on any atom is 0.246 e. The van der Waals surface area contributed by atoms with Crippen molar-refractivity contribution >= 4 is 22.8 Å². The molecule has 0 saturated heterocycles. The van der Waals surface area contributed by atoms with E-state index in [4.69, 9.17) is 14.2 Å². The number of amides is 1. The third-order valence-corrected chi connectivity index (χ3v) is 4.62. The van der Waals surface area contributed by atoms with Crippen molar-refractivity contribution in [3.05, 3.63) is 54.2 Å². The third kappa shape index (κ3) is 3.13. The van der Waals surface area contributed by atoms with E-state index in [2.05, 4.69) is 4.98 Å². The van der Waals surface area contributed by atoms with Gasteiger partial charge < -0.3 is 19.1 Å². The first-order valence-corrected chi connectivity index (χ1v) is 8.83. The fourth-order valence-electron chi connectivity index (χ4n) is 3.16. The fraction of sp³-hybridized carbons (Fsp3) is 0.182. The second-order valence-electron chi connectivity index (χ2n) is 6.58. The van der Waals surface area contributed by atoms with Gasteiger partial charge in [0.1, 0.15) is 5.75 Å². The molecule has 2 heterocycles. The van der Waals surface area contributed by atoms with E-state index in [0.717, 1.165) is 27.6 Å². The molecule has 1 aliphatic rings. The van der Waals surface area contributed by atoms with Crippen molar-refractivity contribution < 1.29 is 19.0 Å². The molecule has 0 atom stereocenters. The van der Waals surface area contributed by atoms with Crippen LogP contribution >= 0.6 is 0 Å². The van der Waals surface area contributed by atoms with E-state index in [1.807, 2.05) is 36.4 Å². The van der Waals surface area contributed by atoms with Gasteiger partial charge in [0.05, 0.1) is 12.8 Å². The number of nitrogens with zero attached hydrogens (tertiary/aromatic N) is 2. The summed E-state index contributed by atoms with van der Waals surface area (Å²) in [4.78, 5) is 18.4. The summed E-state index contributed by atoms with van der Waals surface area (Å²) in [5.41, 5.74) is 2.39.